The lowest BCUT2D eigenvalue weighted by Gasteiger charge is -2.01. The molecule has 0 aliphatic carbocycles. The Bertz CT molecular complexity index is 1420. The molecule has 130 valence electrons. The van der Waals surface area contributed by atoms with E-state index in [0.29, 0.717) is 28.1 Å². The SMILES string of the molecule is [2H]C([2H])([2H])c1ccc(-c2cccc3c2oc2nc(C([2H])([2H])c4ccccc4)ccc23)nc1. The van der Waals surface area contributed by atoms with Crippen LogP contribution < -0.4 is 0 Å². The number of fused-ring (bicyclic) bond motifs is 3. The minimum atomic E-state index is -2.21. The summed E-state index contributed by atoms with van der Waals surface area (Å²) >= 11 is 0. The molecule has 0 amide bonds. The predicted molar refractivity (Wildman–Crippen MR) is 109 cm³/mol. The van der Waals surface area contributed by atoms with Crippen molar-refractivity contribution in [3.8, 4) is 11.3 Å². The van der Waals surface area contributed by atoms with E-state index in [1.54, 1.807) is 42.5 Å². The van der Waals surface area contributed by atoms with Crippen molar-refractivity contribution in [2.75, 3.05) is 0 Å². The summed E-state index contributed by atoms with van der Waals surface area (Å²) in [7, 11) is 0. The zero-order valence-electron chi connectivity index (χ0n) is 19.3. The molecule has 0 aliphatic heterocycles. The fourth-order valence-corrected chi connectivity index (χ4v) is 3.17. The molecule has 0 fully saturated rings. The van der Waals surface area contributed by atoms with Gasteiger partial charge >= 0.3 is 0 Å². The van der Waals surface area contributed by atoms with Crippen LogP contribution in [0.3, 0.4) is 0 Å². The number of aromatic nitrogens is 2. The number of hydrogen-bond acceptors (Lipinski definition) is 3. The Kier molecular flexibility index (Phi) is 2.66. The van der Waals surface area contributed by atoms with Gasteiger partial charge in [0.1, 0.15) is 5.58 Å². The molecule has 5 aromatic rings. The fraction of sp³-hybridized carbons (Fsp3) is 0.0833. The molecule has 0 atom stereocenters. The Morgan fingerprint density at radius 3 is 2.67 bits per heavy atom. The smallest absolute Gasteiger partial charge is 0.227 e. The minimum Gasteiger partial charge on any atom is -0.437 e. The summed E-state index contributed by atoms with van der Waals surface area (Å²) < 4.78 is 45.8. The molecular weight excluding hydrogens is 332 g/mol. The first kappa shape index (κ1) is 11.3. The minimum absolute atomic E-state index is 0.174. The molecule has 5 rings (SSSR count). The first-order chi connectivity index (χ1) is 15.2. The molecule has 0 N–H and O–H groups in total. The van der Waals surface area contributed by atoms with Gasteiger partial charge in [-0.25, -0.2) is 4.98 Å². The van der Waals surface area contributed by atoms with Crippen molar-refractivity contribution in [1.82, 2.24) is 9.97 Å². The normalized spacial score (nSPS) is 15.0. The summed E-state index contributed by atoms with van der Waals surface area (Å²) in [6, 6.07) is 21.2. The summed E-state index contributed by atoms with van der Waals surface area (Å²) in [5, 5.41) is 1.60. The largest absolute Gasteiger partial charge is 0.437 e. The summed E-state index contributed by atoms with van der Waals surface area (Å²) in [6.45, 7) is -2.21. The first-order valence-electron chi connectivity index (χ1n) is 11.1. The molecule has 0 unspecified atom stereocenters. The Hall–Kier alpha value is -3.46. The Morgan fingerprint density at radius 2 is 1.85 bits per heavy atom. The van der Waals surface area contributed by atoms with Gasteiger partial charge < -0.3 is 4.42 Å². The third-order valence-electron chi connectivity index (χ3n) is 4.45. The number of pyridine rings is 2. The summed E-state index contributed by atoms with van der Waals surface area (Å²) in [5.41, 5.74) is 3.16. The average molecular weight is 355 g/mol. The second-order valence-electron chi connectivity index (χ2n) is 6.26. The van der Waals surface area contributed by atoms with E-state index in [1.807, 2.05) is 30.3 Å². The molecule has 0 aliphatic rings. The summed E-state index contributed by atoms with van der Waals surface area (Å²) in [5.74, 6) is 0. The van der Waals surface area contributed by atoms with Crippen molar-refractivity contribution >= 4 is 22.1 Å². The first-order valence-corrected chi connectivity index (χ1v) is 8.60. The van der Waals surface area contributed by atoms with Gasteiger partial charge in [-0.2, -0.15) is 0 Å². The van der Waals surface area contributed by atoms with E-state index < -0.39 is 13.2 Å². The Morgan fingerprint density at radius 1 is 0.926 bits per heavy atom. The van der Waals surface area contributed by atoms with Gasteiger partial charge in [0.25, 0.3) is 0 Å². The van der Waals surface area contributed by atoms with Crippen LogP contribution in [0.25, 0.3) is 33.3 Å². The van der Waals surface area contributed by atoms with Crippen molar-refractivity contribution in [2.45, 2.75) is 13.2 Å². The molecule has 0 saturated carbocycles. The van der Waals surface area contributed by atoms with Crippen LogP contribution in [-0.2, 0) is 6.37 Å². The van der Waals surface area contributed by atoms with Crippen LogP contribution in [0.4, 0.5) is 0 Å². The van der Waals surface area contributed by atoms with Gasteiger partial charge in [0.05, 0.1) is 5.69 Å². The van der Waals surface area contributed by atoms with Gasteiger partial charge in [0.2, 0.25) is 5.71 Å². The van der Waals surface area contributed by atoms with Crippen molar-refractivity contribution in [3.63, 3.8) is 0 Å². The van der Waals surface area contributed by atoms with Gasteiger partial charge in [0.15, 0.2) is 0 Å². The zero-order chi connectivity index (χ0) is 22.5. The molecule has 0 bridgehead atoms. The van der Waals surface area contributed by atoms with E-state index in [9.17, 15) is 0 Å². The van der Waals surface area contributed by atoms with E-state index in [1.165, 1.54) is 6.20 Å². The Labute approximate surface area is 164 Å². The van der Waals surface area contributed by atoms with Crippen LogP contribution in [0.15, 0.2) is 83.4 Å². The lowest BCUT2D eigenvalue weighted by Crippen LogP contribution is -1.91. The van der Waals surface area contributed by atoms with E-state index in [-0.39, 0.29) is 11.3 Å². The summed E-state index contributed by atoms with van der Waals surface area (Å²) in [6.07, 6.45) is -0.418. The summed E-state index contributed by atoms with van der Waals surface area (Å²) in [4.78, 5) is 8.84. The lowest BCUT2D eigenvalue weighted by atomic mass is 10.1. The van der Waals surface area contributed by atoms with Gasteiger partial charge in [-0.3, -0.25) is 4.98 Å². The number of hydrogen-bond donors (Lipinski definition) is 0. The predicted octanol–water partition coefficient (Wildman–Crippen LogP) is 5.94. The number of para-hydroxylation sites is 1. The van der Waals surface area contributed by atoms with Crippen LogP contribution in [0, 0.1) is 6.85 Å². The number of furan rings is 1. The maximum atomic E-state index is 8.57. The van der Waals surface area contributed by atoms with Crippen LogP contribution in [0.1, 0.15) is 23.7 Å². The topological polar surface area (TPSA) is 38.9 Å². The van der Waals surface area contributed by atoms with Crippen molar-refractivity contribution in [2.24, 2.45) is 0 Å². The average Bonchev–Trinajstić information content (AvgIpc) is 3.17. The second-order valence-corrected chi connectivity index (χ2v) is 6.26. The highest BCUT2D eigenvalue weighted by atomic mass is 16.3. The standard InChI is InChI=1S/C24H18N2O/c1-16-10-13-22(25-15-16)21-9-5-8-19-20-12-11-18(26-24(20)27-23(19)21)14-17-6-3-2-4-7-17/h2-13,15H,14H2,1H3/i1D3,14D2. The fourth-order valence-electron chi connectivity index (χ4n) is 3.17. The van der Waals surface area contributed by atoms with Crippen molar-refractivity contribution < 1.29 is 11.3 Å². The van der Waals surface area contributed by atoms with Crippen molar-refractivity contribution in [1.29, 1.82) is 0 Å². The number of nitrogens with zero attached hydrogens (tertiary/aromatic N) is 2. The van der Waals surface area contributed by atoms with E-state index in [4.69, 9.17) is 11.3 Å². The maximum Gasteiger partial charge on any atom is 0.227 e. The van der Waals surface area contributed by atoms with Gasteiger partial charge in [-0.15, -0.1) is 0 Å². The van der Waals surface area contributed by atoms with E-state index in [2.05, 4.69) is 9.97 Å². The molecule has 27 heavy (non-hydrogen) atoms. The van der Waals surface area contributed by atoms with Crippen molar-refractivity contribution in [3.05, 3.63) is 95.8 Å². The van der Waals surface area contributed by atoms with Gasteiger partial charge in [0, 0.05) is 41.5 Å². The number of benzene rings is 2. The molecule has 3 nitrogen and oxygen atoms in total. The number of aryl methyl sites for hydroxylation is 1. The number of rotatable bonds is 3. The van der Waals surface area contributed by atoms with Gasteiger partial charge in [-0.05, 0) is 42.2 Å². The highest BCUT2D eigenvalue weighted by molar-refractivity contribution is 6.08. The zero-order valence-corrected chi connectivity index (χ0v) is 14.3. The third kappa shape index (κ3) is 2.87. The monoisotopic (exact) mass is 355 g/mol. The highest BCUT2D eigenvalue weighted by Gasteiger charge is 2.14. The molecule has 3 heterocycles. The highest BCUT2D eigenvalue weighted by Crippen LogP contribution is 2.34. The molecule has 2 aromatic carbocycles. The third-order valence-corrected chi connectivity index (χ3v) is 4.45. The maximum absolute atomic E-state index is 8.57. The van der Waals surface area contributed by atoms with Crippen LogP contribution in [0.2, 0.25) is 0 Å². The molecule has 0 spiro atoms. The van der Waals surface area contributed by atoms with E-state index >= 15 is 0 Å². The van der Waals surface area contributed by atoms with Gasteiger partial charge in [-0.1, -0.05) is 48.5 Å². The molecule has 3 heteroatoms. The van der Waals surface area contributed by atoms with Crippen LogP contribution in [0.5, 0.6) is 0 Å². The Balaban J connectivity index is 1.63. The lowest BCUT2D eigenvalue weighted by molar-refractivity contribution is 0.652. The molecule has 3 aromatic heterocycles. The second kappa shape index (κ2) is 6.36. The quantitative estimate of drug-likeness (QED) is 0.402. The van der Waals surface area contributed by atoms with E-state index in [0.717, 1.165) is 10.8 Å². The molecular formula is C24H18N2O. The molecule has 0 saturated heterocycles. The molecule has 0 radical (unpaired) electrons. The van der Waals surface area contributed by atoms with Crippen LogP contribution >= 0.6 is 0 Å². The van der Waals surface area contributed by atoms with Crippen LogP contribution in [-0.4, -0.2) is 9.97 Å².